The van der Waals surface area contributed by atoms with Gasteiger partial charge in [0.25, 0.3) is 0 Å². The lowest BCUT2D eigenvalue weighted by Gasteiger charge is -2.33. The maximum atomic E-state index is 12.0. The molecule has 27 heavy (non-hydrogen) atoms. The number of nitrogens with zero attached hydrogens (tertiary/aromatic N) is 1. The van der Waals surface area contributed by atoms with Crippen LogP contribution in [0.25, 0.3) is 0 Å². The molecule has 0 spiro atoms. The fourth-order valence-corrected chi connectivity index (χ4v) is 4.26. The number of anilines is 1. The first-order valence-electron chi connectivity index (χ1n) is 9.54. The molecule has 0 radical (unpaired) electrons. The quantitative estimate of drug-likeness (QED) is 0.590. The smallest absolute Gasteiger partial charge is 0.224 e. The maximum Gasteiger partial charge on any atom is 0.224 e. The van der Waals surface area contributed by atoms with Crippen molar-refractivity contribution in [1.82, 2.24) is 4.90 Å². The van der Waals surface area contributed by atoms with E-state index in [9.17, 15) is 4.79 Å². The van der Waals surface area contributed by atoms with Crippen molar-refractivity contribution in [2.24, 2.45) is 0 Å². The number of rotatable bonds is 6. The number of hydrogen-bond acceptors (Lipinski definition) is 2. The second-order valence-corrected chi connectivity index (χ2v) is 8.18. The highest BCUT2D eigenvalue weighted by Crippen LogP contribution is 2.38. The summed E-state index contributed by atoms with van der Waals surface area (Å²) >= 11 is 12.7. The molecule has 0 aromatic heterocycles. The maximum absolute atomic E-state index is 12.0. The van der Waals surface area contributed by atoms with E-state index in [1.165, 1.54) is 11.1 Å². The number of benzene rings is 2. The number of amides is 1. The van der Waals surface area contributed by atoms with E-state index < -0.39 is 0 Å². The summed E-state index contributed by atoms with van der Waals surface area (Å²) in [6, 6.07) is 12.0. The normalized spacial score (nSPS) is 16.8. The highest BCUT2D eigenvalue weighted by molar-refractivity contribution is 6.35. The molecule has 1 unspecified atom stereocenters. The van der Waals surface area contributed by atoms with Crippen molar-refractivity contribution in [2.45, 2.75) is 45.1 Å². The lowest BCUT2D eigenvalue weighted by atomic mass is 9.84. The van der Waals surface area contributed by atoms with Crippen molar-refractivity contribution in [3.8, 4) is 0 Å². The molecular formula is C22H26Cl2N2O. The summed E-state index contributed by atoms with van der Waals surface area (Å²) in [6.45, 7) is 3.87. The van der Waals surface area contributed by atoms with Crippen LogP contribution in [0.4, 0.5) is 5.69 Å². The van der Waals surface area contributed by atoms with E-state index in [2.05, 4.69) is 36.3 Å². The summed E-state index contributed by atoms with van der Waals surface area (Å²) in [5, 5.41) is 4.38. The predicted octanol–water partition coefficient (Wildman–Crippen LogP) is 6.09. The largest absolute Gasteiger partial charge is 0.326 e. The minimum Gasteiger partial charge on any atom is -0.326 e. The summed E-state index contributed by atoms with van der Waals surface area (Å²) in [5.41, 5.74) is 4.38. The summed E-state index contributed by atoms with van der Waals surface area (Å²) in [6.07, 6.45) is 3.72. The van der Waals surface area contributed by atoms with Crippen LogP contribution in [0.15, 0.2) is 36.4 Å². The highest BCUT2D eigenvalue weighted by atomic mass is 35.5. The van der Waals surface area contributed by atoms with E-state index in [-0.39, 0.29) is 11.8 Å². The molecule has 0 aliphatic carbocycles. The molecule has 0 saturated heterocycles. The number of likely N-dealkylation sites (N-methyl/N-ethyl adjacent to an activating group) is 1. The third-order valence-corrected chi connectivity index (χ3v) is 5.65. The van der Waals surface area contributed by atoms with Crippen molar-refractivity contribution < 1.29 is 4.79 Å². The third kappa shape index (κ3) is 5.04. The van der Waals surface area contributed by atoms with Gasteiger partial charge in [-0.05, 0) is 54.4 Å². The van der Waals surface area contributed by atoms with Gasteiger partial charge < -0.3 is 10.2 Å². The van der Waals surface area contributed by atoms with Gasteiger partial charge in [0.2, 0.25) is 5.91 Å². The van der Waals surface area contributed by atoms with Crippen molar-refractivity contribution in [2.75, 3.05) is 18.9 Å². The van der Waals surface area contributed by atoms with E-state index in [0.717, 1.165) is 48.6 Å². The Labute approximate surface area is 171 Å². The SMILES string of the molecule is CCCCCC(=O)Nc1ccc(C2CN(C)Cc3c(Cl)cc(Cl)cc32)cc1. The fraction of sp³-hybridized carbons (Fsp3) is 0.409. The second-order valence-electron chi connectivity index (χ2n) is 7.33. The number of halogens is 2. The van der Waals surface area contributed by atoms with E-state index in [4.69, 9.17) is 23.2 Å². The molecule has 3 rings (SSSR count). The van der Waals surface area contributed by atoms with Crippen LogP contribution in [0.1, 0.15) is 55.2 Å². The summed E-state index contributed by atoms with van der Waals surface area (Å²) in [7, 11) is 2.10. The van der Waals surface area contributed by atoms with Crippen LogP contribution in [-0.2, 0) is 11.3 Å². The van der Waals surface area contributed by atoms with Gasteiger partial charge in [-0.3, -0.25) is 4.79 Å². The molecule has 1 amide bonds. The Morgan fingerprint density at radius 2 is 1.93 bits per heavy atom. The monoisotopic (exact) mass is 404 g/mol. The molecule has 5 heteroatoms. The van der Waals surface area contributed by atoms with Crippen LogP contribution < -0.4 is 5.32 Å². The summed E-state index contributed by atoms with van der Waals surface area (Å²) < 4.78 is 0. The van der Waals surface area contributed by atoms with Crippen molar-refractivity contribution in [3.63, 3.8) is 0 Å². The minimum absolute atomic E-state index is 0.0810. The first kappa shape index (κ1) is 20.2. The third-order valence-electron chi connectivity index (χ3n) is 5.10. The zero-order valence-corrected chi connectivity index (χ0v) is 17.4. The Hall–Kier alpha value is -1.55. The van der Waals surface area contributed by atoms with Crippen molar-refractivity contribution in [3.05, 3.63) is 63.1 Å². The van der Waals surface area contributed by atoms with Gasteiger partial charge in [-0.25, -0.2) is 0 Å². The average molecular weight is 405 g/mol. The van der Waals surface area contributed by atoms with Gasteiger partial charge in [-0.1, -0.05) is 55.1 Å². The number of fused-ring (bicyclic) bond motifs is 1. The van der Waals surface area contributed by atoms with E-state index in [1.54, 1.807) is 0 Å². The lowest BCUT2D eigenvalue weighted by Crippen LogP contribution is -2.31. The zero-order valence-electron chi connectivity index (χ0n) is 15.9. The molecule has 2 aromatic carbocycles. The lowest BCUT2D eigenvalue weighted by molar-refractivity contribution is -0.116. The van der Waals surface area contributed by atoms with Crippen LogP contribution in [-0.4, -0.2) is 24.4 Å². The molecule has 1 aliphatic rings. The summed E-state index contributed by atoms with van der Waals surface area (Å²) in [4.78, 5) is 14.3. The summed E-state index contributed by atoms with van der Waals surface area (Å²) in [5.74, 6) is 0.293. The van der Waals surface area contributed by atoms with Gasteiger partial charge in [0.1, 0.15) is 0 Å². The minimum atomic E-state index is 0.0810. The predicted molar refractivity (Wildman–Crippen MR) is 114 cm³/mol. The van der Waals surface area contributed by atoms with Gasteiger partial charge in [0.15, 0.2) is 0 Å². The molecule has 1 atom stereocenters. The molecule has 1 heterocycles. The van der Waals surface area contributed by atoms with Gasteiger partial charge in [0, 0.05) is 41.2 Å². The Morgan fingerprint density at radius 1 is 1.19 bits per heavy atom. The molecule has 1 aliphatic heterocycles. The zero-order chi connectivity index (χ0) is 19.4. The molecule has 0 saturated carbocycles. The Bertz CT molecular complexity index is 805. The van der Waals surface area contributed by atoms with Crippen molar-refractivity contribution >= 4 is 34.8 Å². The van der Waals surface area contributed by atoms with Gasteiger partial charge in [-0.15, -0.1) is 0 Å². The molecule has 1 N–H and O–H groups in total. The Kier molecular flexibility index (Phi) is 6.80. The molecule has 0 fully saturated rings. The van der Waals surface area contributed by atoms with E-state index >= 15 is 0 Å². The number of nitrogens with one attached hydrogen (secondary N) is 1. The Morgan fingerprint density at radius 3 is 2.63 bits per heavy atom. The van der Waals surface area contributed by atoms with Crippen molar-refractivity contribution in [1.29, 1.82) is 0 Å². The van der Waals surface area contributed by atoms with Crippen LogP contribution in [0.3, 0.4) is 0 Å². The fourth-order valence-electron chi connectivity index (χ4n) is 3.69. The second kappa shape index (κ2) is 9.09. The number of hydrogen-bond donors (Lipinski definition) is 1. The number of carbonyl (C=O) groups excluding carboxylic acids is 1. The van der Waals surface area contributed by atoms with Gasteiger partial charge >= 0.3 is 0 Å². The average Bonchev–Trinajstić information content (AvgIpc) is 2.63. The van der Waals surface area contributed by atoms with E-state index in [1.807, 2.05) is 24.3 Å². The van der Waals surface area contributed by atoms with Gasteiger partial charge in [0.05, 0.1) is 0 Å². The first-order chi connectivity index (χ1) is 13.0. The molecular weight excluding hydrogens is 379 g/mol. The van der Waals surface area contributed by atoms with Crippen LogP contribution in [0, 0.1) is 0 Å². The molecule has 2 aromatic rings. The van der Waals surface area contributed by atoms with E-state index in [0.29, 0.717) is 11.4 Å². The van der Waals surface area contributed by atoms with Crippen LogP contribution in [0.5, 0.6) is 0 Å². The Balaban J connectivity index is 1.77. The highest BCUT2D eigenvalue weighted by Gasteiger charge is 2.27. The van der Waals surface area contributed by atoms with Gasteiger partial charge in [-0.2, -0.15) is 0 Å². The number of unbranched alkanes of at least 4 members (excludes halogenated alkanes) is 2. The van der Waals surface area contributed by atoms with Crippen LogP contribution >= 0.6 is 23.2 Å². The van der Waals surface area contributed by atoms with Crippen LogP contribution in [0.2, 0.25) is 10.0 Å². The molecule has 0 bridgehead atoms. The first-order valence-corrected chi connectivity index (χ1v) is 10.3. The molecule has 144 valence electrons. The molecule has 3 nitrogen and oxygen atoms in total. The number of carbonyl (C=O) groups is 1. The topological polar surface area (TPSA) is 32.3 Å². The standard InChI is InChI=1S/C22H26Cl2N2O/c1-3-4-5-6-22(27)25-17-9-7-15(8-10-17)19-13-26(2)14-20-18(19)11-16(23)12-21(20)24/h7-12,19H,3-6,13-14H2,1-2H3,(H,25,27).